The maximum atomic E-state index is 12.6. The number of fused-ring (bicyclic) bond motifs is 1. The van der Waals surface area contributed by atoms with Crippen molar-refractivity contribution in [1.82, 2.24) is 4.90 Å². The molecule has 1 amide bonds. The Balaban J connectivity index is 1.15. The second-order valence-electron chi connectivity index (χ2n) is 8.69. The Morgan fingerprint density at radius 1 is 1.00 bits per heavy atom. The van der Waals surface area contributed by atoms with Crippen LogP contribution < -0.4 is 10.1 Å². The number of nitrogens with one attached hydrogen (secondary N) is 1. The smallest absolute Gasteiger partial charge is 0.227 e. The number of rotatable bonds is 8. The first-order valence-corrected chi connectivity index (χ1v) is 11.2. The van der Waals surface area contributed by atoms with Crippen LogP contribution >= 0.6 is 0 Å². The molecule has 3 aromatic carbocycles. The van der Waals surface area contributed by atoms with Crippen molar-refractivity contribution >= 4 is 11.6 Å². The zero-order valence-electron chi connectivity index (χ0n) is 18.0. The quantitative estimate of drug-likeness (QED) is 0.541. The Kier molecular flexibility index (Phi) is 5.93. The first-order chi connectivity index (χ1) is 15.7. The molecule has 1 aliphatic heterocycles. The summed E-state index contributed by atoms with van der Waals surface area (Å²) < 4.78 is 5.79. The minimum Gasteiger partial charge on any atom is -0.489 e. The van der Waals surface area contributed by atoms with Crippen LogP contribution in [0.1, 0.15) is 47.6 Å². The molecule has 5 heteroatoms. The molecule has 2 aliphatic rings. The van der Waals surface area contributed by atoms with E-state index in [1.165, 1.54) is 24.0 Å². The minimum absolute atomic E-state index is 0.0141. The Hall–Kier alpha value is -3.15. The van der Waals surface area contributed by atoms with Crippen LogP contribution in [0.25, 0.3) is 0 Å². The molecular formula is C27H28N2O3. The number of nitrogens with zero attached hydrogens (tertiary/aromatic N) is 1. The average Bonchev–Trinajstić information content (AvgIpc) is 3.57. The van der Waals surface area contributed by atoms with Crippen LogP contribution in [0.3, 0.4) is 0 Å². The zero-order chi connectivity index (χ0) is 21.9. The molecule has 1 saturated carbocycles. The Labute approximate surface area is 188 Å². The number of hydrogen-bond donors (Lipinski definition) is 2. The topological polar surface area (TPSA) is 61.8 Å². The molecule has 3 aromatic rings. The number of ether oxygens (including phenoxy) is 1. The molecule has 32 heavy (non-hydrogen) atoms. The van der Waals surface area contributed by atoms with Gasteiger partial charge in [0.05, 0.1) is 12.5 Å². The third-order valence-corrected chi connectivity index (χ3v) is 6.24. The molecule has 0 saturated heterocycles. The van der Waals surface area contributed by atoms with Crippen molar-refractivity contribution in [3.63, 3.8) is 0 Å². The normalized spacial score (nSPS) is 16.4. The molecule has 1 fully saturated rings. The molecule has 2 N–H and O–H groups in total. The predicted molar refractivity (Wildman–Crippen MR) is 124 cm³/mol. The summed E-state index contributed by atoms with van der Waals surface area (Å²) in [5, 5.41) is 13.6. The van der Waals surface area contributed by atoms with E-state index in [0.29, 0.717) is 18.2 Å². The summed E-state index contributed by atoms with van der Waals surface area (Å²) >= 11 is 0. The Morgan fingerprint density at radius 2 is 1.78 bits per heavy atom. The van der Waals surface area contributed by atoms with Gasteiger partial charge in [-0.25, -0.2) is 0 Å². The second-order valence-corrected chi connectivity index (χ2v) is 8.69. The SMILES string of the molecule is O=C(CC(O)c1ccc(OCc2ccccc2)cc1)Nc1cccc2c1CN(C1CC1)C2. The van der Waals surface area contributed by atoms with Crippen molar-refractivity contribution in [2.24, 2.45) is 0 Å². The molecule has 1 unspecified atom stereocenters. The molecule has 164 valence electrons. The lowest BCUT2D eigenvalue weighted by Crippen LogP contribution is -2.19. The van der Waals surface area contributed by atoms with Gasteiger partial charge in [0, 0.05) is 24.8 Å². The number of amides is 1. The number of carbonyl (C=O) groups excluding carboxylic acids is 1. The van der Waals surface area contributed by atoms with Crippen molar-refractivity contribution < 1.29 is 14.6 Å². The Bertz CT molecular complexity index is 1080. The zero-order valence-corrected chi connectivity index (χ0v) is 18.0. The summed E-state index contributed by atoms with van der Waals surface area (Å²) in [6, 6.07) is 24.1. The molecule has 5 nitrogen and oxygen atoms in total. The van der Waals surface area contributed by atoms with E-state index >= 15 is 0 Å². The van der Waals surface area contributed by atoms with Crippen LogP contribution in [0.15, 0.2) is 72.8 Å². The van der Waals surface area contributed by atoms with E-state index in [1.54, 1.807) is 0 Å². The highest BCUT2D eigenvalue weighted by atomic mass is 16.5. The third kappa shape index (κ3) is 4.85. The van der Waals surface area contributed by atoms with Gasteiger partial charge < -0.3 is 15.2 Å². The number of carbonyl (C=O) groups is 1. The number of hydrogen-bond acceptors (Lipinski definition) is 4. The van der Waals surface area contributed by atoms with Gasteiger partial charge in [-0.1, -0.05) is 54.6 Å². The van der Waals surface area contributed by atoms with Gasteiger partial charge in [-0.2, -0.15) is 0 Å². The van der Waals surface area contributed by atoms with Gasteiger partial charge in [-0.15, -0.1) is 0 Å². The molecule has 0 aromatic heterocycles. The molecular weight excluding hydrogens is 400 g/mol. The number of aliphatic hydroxyl groups is 1. The van der Waals surface area contributed by atoms with Crippen molar-refractivity contribution in [3.05, 3.63) is 95.1 Å². The largest absolute Gasteiger partial charge is 0.489 e. The van der Waals surface area contributed by atoms with Crippen LogP contribution in [-0.4, -0.2) is 22.0 Å². The van der Waals surface area contributed by atoms with Crippen LogP contribution in [0.2, 0.25) is 0 Å². The highest BCUT2D eigenvalue weighted by molar-refractivity contribution is 5.92. The van der Waals surface area contributed by atoms with E-state index in [2.05, 4.69) is 16.3 Å². The molecule has 1 aliphatic carbocycles. The van der Waals surface area contributed by atoms with Crippen LogP contribution in [0.4, 0.5) is 5.69 Å². The highest BCUT2D eigenvalue weighted by Crippen LogP contribution is 2.37. The van der Waals surface area contributed by atoms with E-state index < -0.39 is 6.10 Å². The second kappa shape index (κ2) is 9.15. The summed E-state index contributed by atoms with van der Waals surface area (Å²) in [6.45, 7) is 2.35. The van der Waals surface area contributed by atoms with Gasteiger partial charge in [-0.3, -0.25) is 9.69 Å². The average molecular weight is 429 g/mol. The maximum absolute atomic E-state index is 12.6. The van der Waals surface area contributed by atoms with Gasteiger partial charge in [0.1, 0.15) is 12.4 Å². The standard InChI is InChI=1S/C27H28N2O3/c30-26(20-9-13-23(14-10-20)32-18-19-5-2-1-3-6-19)15-27(31)28-25-8-4-7-21-16-29(17-24(21)25)22-11-12-22/h1-10,13-14,22,26,30H,11-12,15-18H2,(H,28,31). The molecule has 1 heterocycles. The first-order valence-electron chi connectivity index (χ1n) is 11.2. The minimum atomic E-state index is -0.863. The number of benzene rings is 3. The van der Waals surface area contributed by atoms with E-state index in [9.17, 15) is 9.90 Å². The predicted octanol–water partition coefficient (Wildman–Crippen LogP) is 4.81. The Morgan fingerprint density at radius 3 is 2.53 bits per heavy atom. The van der Waals surface area contributed by atoms with Crippen molar-refractivity contribution in [3.8, 4) is 5.75 Å². The van der Waals surface area contributed by atoms with Crippen molar-refractivity contribution in [2.45, 2.75) is 51.1 Å². The third-order valence-electron chi connectivity index (χ3n) is 6.24. The fraction of sp³-hybridized carbons (Fsp3) is 0.296. The van der Waals surface area contributed by atoms with Gasteiger partial charge in [0.25, 0.3) is 0 Å². The van der Waals surface area contributed by atoms with Crippen LogP contribution in [-0.2, 0) is 24.5 Å². The fourth-order valence-corrected chi connectivity index (χ4v) is 4.28. The lowest BCUT2D eigenvalue weighted by Gasteiger charge is -2.15. The van der Waals surface area contributed by atoms with Gasteiger partial charge in [-0.05, 0) is 53.3 Å². The molecule has 1 atom stereocenters. The van der Waals surface area contributed by atoms with Gasteiger partial charge in [0.2, 0.25) is 5.91 Å². The molecule has 0 bridgehead atoms. The van der Waals surface area contributed by atoms with Gasteiger partial charge >= 0.3 is 0 Å². The summed E-state index contributed by atoms with van der Waals surface area (Å²) in [7, 11) is 0. The summed E-state index contributed by atoms with van der Waals surface area (Å²) in [5.41, 5.74) is 5.17. The summed E-state index contributed by atoms with van der Waals surface area (Å²) in [5.74, 6) is 0.550. The van der Waals surface area contributed by atoms with E-state index in [1.807, 2.05) is 66.7 Å². The van der Waals surface area contributed by atoms with E-state index in [-0.39, 0.29) is 12.3 Å². The van der Waals surface area contributed by atoms with Gasteiger partial charge in [0.15, 0.2) is 0 Å². The summed E-state index contributed by atoms with van der Waals surface area (Å²) in [6.07, 6.45) is 1.70. The monoisotopic (exact) mass is 428 g/mol. The number of anilines is 1. The lowest BCUT2D eigenvalue weighted by molar-refractivity contribution is -0.118. The fourth-order valence-electron chi connectivity index (χ4n) is 4.28. The molecule has 5 rings (SSSR count). The maximum Gasteiger partial charge on any atom is 0.227 e. The van der Waals surface area contributed by atoms with E-state index in [4.69, 9.17) is 4.74 Å². The van der Waals surface area contributed by atoms with Crippen molar-refractivity contribution in [2.75, 3.05) is 5.32 Å². The van der Waals surface area contributed by atoms with Crippen molar-refractivity contribution in [1.29, 1.82) is 0 Å². The van der Waals surface area contributed by atoms with E-state index in [0.717, 1.165) is 30.1 Å². The lowest BCUT2D eigenvalue weighted by atomic mass is 10.1. The molecule has 0 radical (unpaired) electrons. The highest BCUT2D eigenvalue weighted by Gasteiger charge is 2.34. The van der Waals surface area contributed by atoms with Crippen LogP contribution in [0, 0.1) is 0 Å². The first kappa shape index (κ1) is 20.7. The molecule has 0 spiro atoms. The van der Waals surface area contributed by atoms with Crippen LogP contribution in [0.5, 0.6) is 5.75 Å². The summed E-state index contributed by atoms with van der Waals surface area (Å²) in [4.78, 5) is 15.1. The number of aliphatic hydroxyl groups excluding tert-OH is 1.